The van der Waals surface area contributed by atoms with Gasteiger partial charge in [0.1, 0.15) is 0 Å². The van der Waals surface area contributed by atoms with Crippen molar-refractivity contribution in [1.29, 1.82) is 0 Å². The average molecular weight is 1090 g/mol. The lowest BCUT2D eigenvalue weighted by Crippen LogP contribution is -2.74. The van der Waals surface area contributed by atoms with Crippen LogP contribution in [0.4, 0.5) is 0 Å². The first-order valence-electron chi connectivity index (χ1n) is 28.8. The second kappa shape index (κ2) is 20.8. The average Bonchev–Trinajstić information content (AvgIpc) is 3.84. The number of fused-ring (bicyclic) bond motifs is 6. The van der Waals surface area contributed by atoms with Crippen molar-refractivity contribution in [2.24, 2.45) is 0 Å². The molecule has 0 unspecified atom stereocenters. The molecule has 83 heavy (non-hydrogen) atoms. The molecule has 15 aromatic rings. The Morgan fingerprint density at radius 3 is 0.976 bits per heavy atom. The van der Waals surface area contributed by atoms with E-state index in [9.17, 15) is 0 Å². The van der Waals surface area contributed by atoms with Crippen molar-refractivity contribution in [3.8, 4) is 33.6 Å². The molecule has 0 saturated heterocycles. The molecule has 0 radical (unpaired) electrons. The maximum Gasteiger partial charge on any atom is 0.179 e. The number of nitrogens with zero attached hydrogens (tertiary/aromatic N) is 2. The third-order valence-corrected chi connectivity index (χ3v) is 27.0. The summed E-state index contributed by atoms with van der Waals surface area (Å²) in [6.07, 6.45) is 0. The Hall–Kier alpha value is -10.1. The molecule has 0 bridgehead atoms. The predicted molar refractivity (Wildman–Crippen MR) is 358 cm³/mol. The number of para-hydroxylation sites is 4. The van der Waals surface area contributed by atoms with Crippen LogP contribution in [0.1, 0.15) is 5.56 Å². The van der Waals surface area contributed by atoms with Gasteiger partial charge < -0.3 is 9.13 Å². The second-order valence-corrected chi connectivity index (χ2v) is 29.6. The van der Waals surface area contributed by atoms with E-state index in [4.69, 9.17) is 0 Å². The van der Waals surface area contributed by atoms with E-state index in [2.05, 4.69) is 350 Å². The van der Waals surface area contributed by atoms with E-state index in [0.29, 0.717) is 0 Å². The van der Waals surface area contributed by atoms with Crippen molar-refractivity contribution >= 4 is 101 Å². The minimum atomic E-state index is -2.94. The molecular weight excluding hydrogens is 1030 g/mol. The van der Waals surface area contributed by atoms with Gasteiger partial charge in [0.15, 0.2) is 16.1 Å². The lowest BCUT2D eigenvalue weighted by atomic mass is 9.95. The van der Waals surface area contributed by atoms with E-state index in [0.717, 1.165) is 33.5 Å². The monoisotopic (exact) mass is 1090 g/mol. The lowest BCUT2D eigenvalue weighted by molar-refractivity contribution is 1.17. The molecule has 0 aliphatic heterocycles. The van der Waals surface area contributed by atoms with Crippen molar-refractivity contribution in [2.75, 3.05) is 0 Å². The van der Waals surface area contributed by atoms with Gasteiger partial charge in [0.2, 0.25) is 0 Å². The van der Waals surface area contributed by atoms with Gasteiger partial charge in [0.25, 0.3) is 0 Å². The molecule has 0 aliphatic rings. The molecule has 0 amide bonds. The first-order valence-corrected chi connectivity index (χ1v) is 32.8. The van der Waals surface area contributed by atoms with E-state index >= 15 is 0 Å². The summed E-state index contributed by atoms with van der Waals surface area (Å²) in [6.45, 7) is 2.19. The van der Waals surface area contributed by atoms with Crippen LogP contribution in [0.15, 0.2) is 334 Å². The van der Waals surface area contributed by atoms with Crippen molar-refractivity contribution in [3.63, 3.8) is 0 Å². The van der Waals surface area contributed by atoms with Gasteiger partial charge in [-0.2, -0.15) is 0 Å². The molecule has 15 rings (SSSR count). The smallest absolute Gasteiger partial charge is 0.179 e. The van der Waals surface area contributed by atoms with E-state index in [1.165, 1.54) is 90.8 Å². The van der Waals surface area contributed by atoms with Crippen LogP contribution >= 0.6 is 0 Å². The zero-order valence-corrected chi connectivity index (χ0v) is 48.1. The minimum absolute atomic E-state index is 1.13. The lowest BCUT2D eigenvalue weighted by Gasteiger charge is -2.35. The molecule has 0 fully saturated rings. The number of aromatic nitrogens is 2. The van der Waals surface area contributed by atoms with Gasteiger partial charge in [-0.3, -0.25) is 0 Å². The predicted octanol–water partition coefficient (Wildman–Crippen LogP) is 14.3. The molecule has 0 aliphatic carbocycles. The second-order valence-electron chi connectivity index (χ2n) is 22.0. The number of rotatable bonds is 12. The Morgan fingerprint density at radius 2 is 0.554 bits per heavy atom. The normalized spacial score (nSPS) is 11.9. The van der Waals surface area contributed by atoms with E-state index in [-0.39, 0.29) is 0 Å². The fraction of sp³-hybridized carbons (Fsp3) is 0.0127. The molecule has 2 heterocycles. The maximum atomic E-state index is 2.58. The molecule has 392 valence electrons. The Morgan fingerprint density at radius 1 is 0.229 bits per heavy atom. The molecule has 0 spiro atoms. The summed E-state index contributed by atoms with van der Waals surface area (Å²) < 4.78 is 5.03. The number of aryl methyl sites for hydroxylation is 1. The zero-order valence-electron chi connectivity index (χ0n) is 46.1. The summed E-state index contributed by atoms with van der Waals surface area (Å²) in [7, 11) is -5.86. The first-order chi connectivity index (χ1) is 41.1. The van der Waals surface area contributed by atoms with E-state index < -0.39 is 16.1 Å². The van der Waals surface area contributed by atoms with Gasteiger partial charge in [-0.15, -0.1) is 0 Å². The molecular formula is C79H58N2Si2. The van der Waals surface area contributed by atoms with Gasteiger partial charge in [0.05, 0.1) is 27.8 Å². The van der Waals surface area contributed by atoms with Crippen LogP contribution in [0.3, 0.4) is 0 Å². The quantitative estimate of drug-likeness (QED) is 0.0852. The zero-order chi connectivity index (χ0) is 55.3. The van der Waals surface area contributed by atoms with Gasteiger partial charge in [-0.25, -0.2) is 0 Å². The number of hydrogen-bond acceptors (Lipinski definition) is 0. The highest BCUT2D eigenvalue weighted by Crippen LogP contribution is 2.43. The first kappa shape index (κ1) is 49.9. The van der Waals surface area contributed by atoms with Crippen LogP contribution < -0.4 is 41.5 Å². The van der Waals surface area contributed by atoms with E-state index in [1.54, 1.807) is 0 Å². The van der Waals surface area contributed by atoms with Crippen LogP contribution in [-0.2, 0) is 0 Å². The fourth-order valence-corrected chi connectivity index (χ4v) is 23.4. The summed E-state index contributed by atoms with van der Waals surface area (Å²) in [4.78, 5) is 0. The minimum Gasteiger partial charge on any atom is -0.309 e. The summed E-state index contributed by atoms with van der Waals surface area (Å²) in [5.74, 6) is 0. The largest absolute Gasteiger partial charge is 0.309 e. The highest BCUT2D eigenvalue weighted by molar-refractivity contribution is 7.20. The van der Waals surface area contributed by atoms with Crippen molar-refractivity contribution < 1.29 is 0 Å². The number of benzene rings is 13. The topological polar surface area (TPSA) is 9.86 Å². The van der Waals surface area contributed by atoms with Crippen LogP contribution in [0, 0.1) is 6.92 Å². The highest BCUT2D eigenvalue weighted by atomic mass is 28.3. The van der Waals surface area contributed by atoms with Crippen LogP contribution in [0.25, 0.3) is 77.2 Å². The van der Waals surface area contributed by atoms with Crippen LogP contribution in [0.5, 0.6) is 0 Å². The summed E-state index contributed by atoms with van der Waals surface area (Å²) >= 11 is 0. The van der Waals surface area contributed by atoms with Gasteiger partial charge >= 0.3 is 0 Å². The maximum absolute atomic E-state index is 2.94. The Labute approximate surface area is 487 Å². The molecule has 0 N–H and O–H groups in total. The third-order valence-electron chi connectivity index (χ3n) is 17.5. The summed E-state index contributed by atoms with van der Waals surface area (Å²) in [5.41, 5.74) is 12.9. The third kappa shape index (κ3) is 8.13. The molecule has 2 nitrogen and oxygen atoms in total. The molecule has 2 aromatic heterocycles. The standard InChI is InChI=1S/C79H58N2Si2/c1-57-48-51-66(52-49-57)83(64-34-13-5-14-35-64,65-36-15-6-16-37-65)68-39-24-27-59(55-68)70-44-25-43-69(58-26-23-38-67(54-58)82(61-28-7-2-8-29-61,62-30-9-3-10-31-62)63-32-11-4-12-33-63)79(70)81-77-47-22-19-42-73(77)74-56-60(50-53-78(74)81)80-75-45-20-17-40-71(75)72-41-18-21-46-76(72)80/h2-56H,1H3. The summed E-state index contributed by atoms with van der Waals surface area (Å²) in [5, 5.41) is 15.7. The van der Waals surface area contributed by atoms with E-state index in [1.807, 2.05) is 0 Å². The van der Waals surface area contributed by atoms with Gasteiger partial charge in [-0.1, -0.05) is 303 Å². The van der Waals surface area contributed by atoms with Gasteiger partial charge in [-0.05, 0) is 95.9 Å². The molecule has 0 saturated carbocycles. The summed E-state index contributed by atoms with van der Waals surface area (Å²) in [6, 6.07) is 126. The van der Waals surface area contributed by atoms with Crippen LogP contribution in [0.2, 0.25) is 0 Å². The molecule has 4 heteroatoms. The number of hydrogen-bond donors (Lipinski definition) is 0. The highest BCUT2D eigenvalue weighted by Gasteiger charge is 2.43. The SMILES string of the molecule is Cc1ccc([Si](c2ccccc2)(c2ccccc2)c2cccc(-c3cccc(-c4cccc([Si](c5ccccc5)(c5ccccc5)c5ccccc5)c4)c3-n3c4ccccc4c4cc(-n5c6ccccc6c6ccccc65)ccc43)c2)cc1. The van der Waals surface area contributed by atoms with Crippen molar-refractivity contribution in [2.45, 2.75) is 6.92 Å². The van der Waals surface area contributed by atoms with Crippen LogP contribution in [-0.4, -0.2) is 25.3 Å². The van der Waals surface area contributed by atoms with Crippen molar-refractivity contribution in [3.05, 3.63) is 339 Å². The molecule has 13 aromatic carbocycles. The van der Waals surface area contributed by atoms with Gasteiger partial charge in [0, 0.05) is 38.4 Å². The van der Waals surface area contributed by atoms with Crippen molar-refractivity contribution in [1.82, 2.24) is 9.13 Å². The Balaban J connectivity index is 1.03. The Kier molecular flexibility index (Phi) is 12.5. The Bertz CT molecular complexity index is 4650. The molecule has 0 atom stereocenters. The fourth-order valence-electron chi connectivity index (χ4n) is 13.9.